The second-order valence-corrected chi connectivity index (χ2v) is 5.74. The van der Waals surface area contributed by atoms with E-state index in [9.17, 15) is 9.59 Å². The lowest BCUT2D eigenvalue weighted by atomic mass is 9.89. The largest absolute Gasteiger partial charge is 0.444 e. The van der Waals surface area contributed by atoms with Crippen LogP contribution < -0.4 is 5.32 Å². The Labute approximate surface area is 113 Å². The predicted octanol–water partition coefficient (Wildman–Crippen LogP) is 3.55. The first-order valence-corrected chi connectivity index (χ1v) is 6.52. The molecule has 1 aromatic carbocycles. The molecule has 0 radical (unpaired) electrons. The van der Waals surface area contributed by atoms with E-state index in [2.05, 4.69) is 5.32 Å². The maximum atomic E-state index is 11.8. The third kappa shape index (κ3) is 3.34. The maximum Gasteiger partial charge on any atom is 0.412 e. The zero-order valence-corrected chi connectivity index (χ0v) is 11.6. The van der Waals surface area contributed by atoms with Gasteiger partial charge in [-0.05, 0) is 45.2 Å². The SMILES string of the molecule is CC(C)(C)OC(=O)Nc1cccc2c1CCCC2=O. The Bertz CT molecular complexity index is 515. The minimum atomic E-state index is -0.533. The van der Waals surface area contributed by atoms with Crippen LogP contribution in [0.1, 0.15) is 49.5 Å². The summed E-state index contributed by atoms with van der Waals surface area (Å²) in [5.74, 6) is 0.147. The van der Waals surface area contributed by atoms with E-state index in [0.717, 1.165) is 24.0 Å². The first-order chi connectivity index (χ1) is 8.87. The number of rotatable bonds is 1. The van der Waals surface area contributed by atoms with Crippen molar-refractivity contribution in [2.45, 2.75) is 45.6 Å². The van der Waals surface area contributed by atoms with Crippen molar-refractivity contribution in [1.82, 2.24) is 0 Å². The van der Waals surface area contributed by atoms with E-state index in [1.54, 1.807) is 12.1 Å². The number of nitrogens with one attached hydrogen (secondary N) is 1. The molecule has 102 valence electrons. The Hall–Kier alpha value is -1.84. The molecule has 0 aliphatic heterocycles. The van der Waals surface area contributed by atoms with E-state index in [4.69, 9.17) is 4.74 Å². The van der Waals surface area contributed by atoms with Crippen LogP contribution in [-0.4, -0.2) is 17.5 Å². The molecule has 0 saturated heterocycles. The van der Waals surface area contributed by atoms with Gasteiger partial charge in [0.2, 0.25) is 0 Å². The fourth-order valence-electron chi connectivity index (χ4n) is 2.21. The summed E-state index contributed by atoms with van der Waals surface area (Å²) in [6, 6.07) is 5.41. The minimum absolute atomic E-state index is 0.147. The topological polar surface area (TPSA) is 55.4 Å². The maximum absolute atomic E-state index is 11.8. The van der Waals surface area contributed by atoms with Gasteiger partial charge in [-0.25, -0.2) is 4.79 Å². The van der Waals surface area contributed by atoms with Crippen molar-refractivity contribution in [2.24, 2.45) is 0 Å². The minimum Gasteiger partial charge on any atom is -0.444 e. The Morgan fingerprint density at radius 2 is 2.00 bits per heavy atom. The average molecular weight is 261 g/mol. The number of hydrogen-bond acceptors (Lipinski definition) is 3. The molecule has 0 bridgehead atoms. The van der Waals surface area contributed by atoms with Gasteiger partial charge in [0, 0.05) is 17.7 Å². The van der Waals surface area contributed by atoms with E-state index in [0.29, 0.717) is 12.1 Å². The lowest BCUT2D eigenvalue weighted by Gasteiger charge is -2.22. The highest BCUT2D eigenvalue weighted by Crippen LogP contribution is 2.28. The quantitative estimate of drug-likeness (QED) is 0.841. The van der Waals surface area contributed by atoms with Gasteiger partial charge in [-0.2, -0.15) is 0 Å². The molecule has 1 aromatic rings. The number of Topliss-reactive ketones (excluding diaryl/α,β-unsaturated/α-hetero) is 1. The molecule has 1 aliphatic rings. The molecule has 0 fully saturated rings. The van der Waals surface area contributed by atoms with Crippen LogP contribution in [0.2, 0.25) is 0 Å². The number of fused-ring (bicyclic) bond motifs is 1. The van der Waals surface area contributed by atoms with Crippen molar-refractivity contribution in [3.05, 3.63) is 29.3 Å². The van der Waals surface area contributed by atoms with Crippen molar-refractivity contribution in [2.75, 3.05) is 5.32 Å². The average Bonchev–Trinajstić information content (AvgIpc) is 2.28. The molecule has 1 amide bonds. The van der Waals surface area contributed by atoms with Gasteiger partial charge in [0.1, 0.15) is 5.60 Å². The molecule has 0 spiro atoms. The van der Waals surface area contributed by atoms with E-state index in [-0.39, 0.29) is 5.78 Å². The smallest absolute Gasteiger partial charge is 0.412 e. The van der Waals surface area contributed by atoms with Crippen LogP contribution >= 0.6 is 0 Å². The lowest BCUT2D eigenvalue weighted by Crippen LogP contribution is -2.28. The number of carbonyl (C=O) groups is 2. The van der Waals surface area contributed by atoms with E-state index in [1.165, 1.54) is 0 Å². The number of amides is 1. The van der Waals surface area contributed by atoms with Crippen molar-refractivity contribution < 1.29 is 14.3 Å². The van der Waals surface area contributed by atoms with E-state index in [1.807, 2.05) is 26.8 Å². The molecule has 1 aliphatic carbocycles. The summed E-state index contributed by atoms with van der Waals surface area (Å²) in [5.41, 5.74) is 1.79. The molecule has 0 heterocycles. The fourth-order valence-corrected chi connectivity index (χ4v) is 2.21. The number of anilines is 1. The summed E-state index contributed by atoms with van der Waals surface area (Å²) < 4.78 is 5.22. The molecule has 4 heteroatoms. The van der Waals surface area contributed by atoms with Gasteiger partial charge in [-0.1, -0.05) is 12.1 Å². The third-order valence-corrected chi connectivity index (χ3v) is 2.94. The van der Waals surface area contributed by atoms with Crippen molar-refractivity contribution in [3.8, 4) is 0 Å². The lowest BCUT2D eigenvalue weighted by molar-refractivity contribution is 0.0635. The molecule has 2 rings (SSSR count). The highest BCUT2D eigenvalue weighted by molar-refractivity contribution is 6.01. The number of ether oxygens (including phenoxy) is 1. The summed E-state index contributed by atoms with van der Waals surface area (Å²) >= 11 is 0. The van der Waals surface area contributed by atoms with Crippen LogP contribution in [0.3, 0.4) is 0 Å². The first kappa shape index (κ1) is 13.6. The third-order valence-electron chi connectivity index (χ3n) is 2.94. The molecule has 0 aromatic heterocycles. The second-order valence-electron chi connectivity index (χ2n) is 5.74. The van der Waals surface area contributed by atoms with Gasteiger partial charge in [-0.3, -0.25) is 10.1 Å². The highest BCUT2D eigenvalue weighted by Gasteiger charge is 2.22. The van der Waals surface area contributed by atoms with Crippen LogP contribution in [0.5, 0.6) is 0 Å². The standard InChI is InChI=1S/C15H19NO3/c1-15(2,3)19-14(18)16-12-8-4-7-11-10(12)6-5-9-13(11)17/h4,7-8H,5-6,9H2,1-3H3,(H,16,18). The van der Waals surface area contributed by atoms with Gasteiger partial charge < -0.3 is 4.74 Å². The van der Waals surface area contributed by atoms with E-state index >= 15 is 0 Å². The van der Waals surface area contributed by atoms with Crippen molar-refractivity contribution in [1.29, 1.82) is 0 Å². The summed E-state index contributed by atoms with van der Waals surface area (Å²) in [4.78, 5) is 23.6. The molecule has 0 saturated carbocycles. The fraction of sp³-hybridized carbons (Fsp3) is 0.467. The summed E-state index contributed by atoms with van der Waals surface area (Å²) in [5, 5.41) is 2.73. The number of hydrogen-bond donors (Lipinski definition) is 1. The van der Waals surface area contributed by atoms with Crippen LogP contribution in [0.4, 0.5) is 10.5 Å². The number of carbonyl (C=O) groups excluding carboxylic acids is 2. The highest BCUT2D eigenvalue weighted by atomic mass is 16.6. The number of benzene rings is 1. The molecular weight excluding hydrogens is 242 g/mol. The molecule has 19 heavy (non-hydrogen) atoms. The molecule has 0 atom stereocenters. The van der Waals surface area contributed by atoms with Crippen molar-refractivity contribution >= 4 is 17.6 Å². The zero-order chi connectivity index (χ0) is 14.0. The predicted molar refractivity (Wildman–Crippen MR) is 73.6 cm³/mol. The zero-order valence-electron chi connectivity index (χ0n) is 11.6. The first-order valence-electron chi connectivity index (χ1n) is 6.52. The Morgan fingerprint density at radius 3 is 2.68 bits per heavy atom. The van der Waals surface area contributed by atoms with Crippen LogP contribution in [0.15, 0.2) is 18.2 Å². The molecule has 1 N–H and O–H groups in total. The summed E-state index contributed by atoms with van der Waals surface area (Å²) in [6.07, 6.45) is 1.74. The summed E-state index contributed by atoms with van der Waals surface area (Å²) in [7, 11) is 0. The molecule has 4 nitrogen and oxygen atoms in total. The van der Waals surface area contributed by atoms with Gasteiger partial charge >= 0.3 is 6.09 Å². The van der Waals surface area contributed by atoms with Gasteiger partial charge in [0.05, 0.1) is 0 Å². The summed E-state index contributed by atoms with van der Waals surface area (Å²) in [6.45, 7) is 5.45. The van der Waals surface area contributed by atoms with Crippen LogP contribution in [0.25, 0.3) is 0 Å². The normalized spacial score (nSPS) is 14.8. The monoisotopic (exact) mass is 261 g/mol. The second kappa shape index (κ2) is 5.03. The number of ketones is 1. The van der Waals surface area contributed by atoms with Crippen molar-refractivity contribution in [3.63, 3.8) is 0 Å². The molecule has 0 unspecified atom stereocenters. The molecular formula is C15H19NO3. The Balaban J connectivity index is 2.20. The Morgan fingerprint density at radius 1 is 1.26 bits per heavy atom. The van der Waals surface area contributed by atoms with Gasteiger partial charge in [0.15, 0.2) is 5.78 Å². The van der Waals surface area contributed by atoms with Gasteiger partial charge in [-0.15, -0.1) is 0 Å². The van der Waals surface area contributed by atoms with Gasteiger partial charge in [0.25, 0.3) is 0 Å². The van der Waals surface area contributed by atoms with Crippen LogP contribution in [0, 0.1) is 0 Å². The van der Waals surface area contributed by atoms with Crippen LogP contribution in [-0.2, 0) is 11.2 Å². The van der Waals surface area contributed by atoms with E-state index < -0.39 is 11.7 Å². The Kier molecular flexibility index (Phi) is 3.60.